The third-order valence-corrected chi connectivity index (χ3v) is 7.79. The predicted octanol–water partition coefficient (Wildman–Crippen LogP) is 5.53. The molecule has 1 aliphatic carbocycles. The third kappa shape index (κ3) is 4.93. The van der Waals surface area contributed by atoms with Crippen LogP contribution in [-0.2, 0) is 22.4 Å². The van der Waals surface area contributed by atoms with E-state index in [1.807, 2.05) is 51.1 Å². The Labute approximate surface area is 222 Å². The number of pyridine rings is 1. The summed E-state index contributed by atoms with van der Waals surface area (Å²) in [7, 11) is 1.41. The first kappa shape index (κ1) is 26.0. The van der Waals surface area contributed by atoms with Gasteiger partial charge in [-0.25, -0.2) is 14.8 Å². The Bertz CT molecular complexity index is 1340. The van der Waals surface area contributed by atoms with Gasteiger partial charge in [0.15, 0.2) is 0 Å². The molecule has 1 amide bonds. The van der Waals surface area contributed by atoms with Crippen molar-refractivity contribution >= 4 is 28.8 Å². The molecule has 202 valence electrons. The summed E-state index contributed by atoms with van der Waals surface area (Å²) in [6, 6.07) is 10.0. The second-order valence-electron chi connectivity index (χ2n) is 10.7. The number of anilines is 1. The van der Waals surface area contributed by atoms with Gasteiger partial charge in [0.05, 0.1) is 41.5 Å². The molecule has 1 aliphatic heterocycles. The van der Waals surface area contributed by atoms with Gasteiger partial charge in [-0.05, 0) is 77.5 Å². The maximum absolute atomic E-state index is 12.6. The van der Waals surface area contributed by atoms with Crippen molar-refractivity contribution in [2.45, 2.75) is 83.9 Å². The summed E-state index contributed by atoms with van der Waals surface area (Å²) < 4.78 is 13.2. The molecule has 1 fully saturated rings. The number of methoxy groups -OCH3 is 1. The molecule has 3 heterocycles. The highest BCUT2D eigenvalue weighted by molar-refractivity contribution is 5.95. The van der Waals surface area contributed by atoms with E-state index in [1.165, 1.54) is 7.11 Å². The van der Waals surface area contributed by atoms with Crippen LogP contribution in [0.5, 0.6) is 5.88 Å². The summed E-state index contributed by atoms with van der Waals surface area (Å²) in [5, 5.41) is 9.53. The average Bonchev–Trinajstić information content (AvgIpc) is 3.26. The lowest BCUT2D eigenvalue weighted by Gasteiger charge is -2.34. The first-order valence-corrected chi connectivity index (χ1v) is 13.5. The summed E-state index contributed by atoms with van der Waals surface area (Å²) >= 11 is 0. The number of rotatable bonds is 6. The number of aryl methyl sites for hydroxylation is 1. The Kier molecular flexibility index (Phi) is 7.27. The van der Waals surface area contributed by atoms with Gasteiger partial charge in [-0.3, -0.25) is 9.69 Å². The summed E-state index contributed by atoms with van der Waals surface area (Å²) in [6.07, 6.45) is 4.68. The standard InChI is InChI=1S/C29H36N4O5/c1-17(2)38-26-7-5-6-20(30-26)16-25-31-27-22-13-8-18(3)32(29(36)37-4)23(22)14-15-24(27)33(25)21-11-9-19(10-12-21)28(34)35/h5-7,14-15,17-19,21H,8-13,16H2,1-4H3,(H,34,35). The average molecular weight is 521 g/mol. The fourth-order valence-corrected chi connectivity index (χ4v) is 5.96. The van der Waals surface area contributed by atoms with Gasteiger partial charge in [-0.1, -0.05) is 6.07 Å². The largest absolute Gasteiger partial charge is 0.481 e. The summed E-state index contributed by atoms with van der Waals surface area (Å²) in [5.74, 6) is 0.474. The van der Waals surface area contributed by atoms with Gasteiger partial charge >= 0.3 is 12.1 Å². The molecule has 9 nitrogen and oxygen atoms in total. The zero-order valence-corrected chi connectivity index (χ0v) is 22.5. The van der Waals surface area contributed by atoms with Crippen molar-refractivity contribution in [2.24, 2.45) is 5.92 Å². The monoisotopic (exact) mass is 520 g/mol. The van der Waals surface area contributed by atoms with Crippen LogP contribution in [0.1, 0.15) is 76.0 Å². The van der Waals surface area contributed by atoms with Crippen molar-refractivity contribution in [3.05, 3.63) is 47.4 Å². The van der Waals surface area contributed by atoms with Crippen molar-refractivity contribution in [3.63, 3.8) is 0 Å². The van der Waals surface area contributed by atoms with E-state index in [1.54, 1.807) is 4.90 Å². The number of imidazole rings is 1. The molecule has 2 aromatic heterocycles. The summed E-state index contributed by atoms with van der Waals surface area (Å²) in [5.41, 5.74) is 4.67. The van der Waals surface area contributed by atoms with E-state index in [4.69, 9.17) is 19.4 Å². The van der Waals surface area contributed by atoms with Crippen LogP contribution in [0.25, 0.3) is 11.0 Å². The van der Waals surface area contributed by atoms with E-state index in [-0.39, 0.29) is 30.2 Å². The van der Waals surface area contributed by atoms with Gasteiger partial charge in [-0.2, -0.15) is 0 Å². The molecule has 2 aliphatic rings. The lowest BCUT2D eigenvalue weighted by Crippen LogP contribution is -2.42. The second-order valence-corrected chi connectivity index (χ2v) is 10.7. The number of carboxylic acid groups (broad SMARTS) is 1. The molecule has 5 rings (SSSR count). The van der Waals surface area contributed by atoms with E-state index in [0.717, 1.165) is 59.5 Å². The number of carbonyl (C=O) groups excluding carboxylic acids is 1. The zero-order chi connectivity index (χ0) is 27.0. The van der Waals surface area contributed by atoms with E-state index >= 15 is 0 Å². The molecule has 1 N–H and O–H groups in total. The quantitative estimate of drug-likeness (QED) is 0.455. The molecular weight excluding hydrogens is 484 g/mol. The Morgan fingerprint density at radius 2 is 1.84 bits per heavy atom. The van der Waals surface area contributed by atoms with Crippen molar-refractivity contribution in [2.75, 3.05) is 12.0 Å². The number of aromatic nitrogens is 3. The van der Waals surface area contributed by atoms with Gasteiger partial charge in [0.25, 0.3) is 0 Å². The minimum Gasteiger partial charge on any atom is -0.481 e. The SMILES string of the molecule is COC(=O)N1c2ccc3c(nc(Cc4cccc(OC(C)C)n4)n3C3CCC(C(=O)O)CC3)c2CCC1C. The lowest BCUT2D eigenvalue weighted by molar-refractivity contribution is -0.143. The highest BCUT2D eigenvalue weighted by Gasteiger charge is 2.33. The molecule has 9 heteroatoms. The van der Waals surface area contributed by atoms with Crippen LogP contribution in [0.3, 0.4) is 0 Å². The fourth-order valence-electron chi connectivity index (χ4n) is 5.96. The normalized spacial score (nSPS) is 21.4. The van der Waals surface area contributed by atoms with E-state index in [2.05, 4.69) is 4.57 Å². The number of carboxylic acids is 1. The first-order chi connectivity index (χ1) is 18.3. The number of ether oxygens (including phenoxy) is 2. The minimum atomic E-state index is -0.712. The predicted molar refractivity (Wildman–Crippen MR) is 144 cm³/mol. The highest BCUT2D eigenvalue weighted by atomic mass is 16.5. The van der Waals surface area contributed by atoms with Gasteiger partial charge in [0.2, 0.25) is 5.88 Å². The smallest absolute Gasteiger partial charge is 0.414 e. The Hall–Kier alpha value is -3.62. The molecule has 1 unspecified atom stereocenters. The number of hydrogen-bond donors (Lipinski definition) is 1. The number of nitrogens with zero attached hydrogens (tertiary/aromatic N) is 4. The van der Waals surface area contributed by atoms with E-state index in [9.17, 15) is 14.7 Å². The van der Waals surface area contributed by atoms with Crippen LogP contribution in [0.2, 0.25) is 0 Å². The maximum atomic E-state index is 12.6. The third-order valence-electron chi connectivity index (χ3n) is 7.79. The number of amides is 1. The number of benzene rings is 1. The summed E-state index contributed by atoms with van der Waals surface area (Å²) in [6.45, 7) is 5.98. The molecule has 0 bridgehead atoms. The van der Waals surface area contributed by atoms with Crippen LogP contribution in [-0.4, -0.2) is 51.0 Å². The number of carbonyl (C=O) groups is 2. The molecular formula is C29H36N4O5. The van der Waals surface area contributed by atoms with Gasteiger partial charge < -0.3 is 19.1 Å². The lowest BCUT2D eigenvalue weighted by atomic mass is 9.85. The Morgan fingerprint density at radius 3 is 2.53 bits per heavy atom. The van der Waals surface area contributed by atoms with E-state index in [0.29, 0.717) is 25.1 Å². The molecule has 1 saturated carbocycles. The number of fused-ring (bicyclic) bond motifs is 3. The molecule has 0 spiro atoms. The summed E-state index contributed by atoms with van der Waals surface area (Å²) in [4.78, 5) is 35.9. The maximum Gasteiger partial charge on any atom is 0.414 e. The molecule has 3 aromatic rings. The van der Waals surface area contributed by atoms with Crippen molar-refractivity contribution in [1.82, 2.24) is 14.5 Å². The minimum absolute atomic E-state index is 0.0263. The van der Waals surface area contributed by atoms with Crippen molar-refractivity contribution in [1.29, 1.82) is 0 Å². The fraction of sp³-hybridized carbons (Fsp3) is 0.517. The van der Waals surface area contributed by atoms with Gasteiger partial charge in [-0.15, -0.1) is 0 Å². The number of hydrogen-bond acceptors (Lipinski definition) is 6. The van der Waals surface area contributed by atoms with Crippen LogP contribution >= 0.6 is 0 Å². The van der Waals surface area contributed by atoms with Crippen LogP contribution in [0, 0.1) is 5.92 Å². The van der Waals surface area contributed by atoms with Crippen LogP contribution in [0.15, 0.2) is 30.3 Å². The first-order valence-electron chi connectivity index (χ1n) is 13.5. The topological polar surface area (TPSA) is 107 Å². The van der Waals surface area contributed by atoms with Crippen molar-refractivity contribution in [3.8, 4) is 5.88 Å². The molecule has 0 saturated heterocycles. The Morgan fingerprint density at radius 1 is 1.08 bits per heavy atom. The van der Waals surface area contributed by atoms with Gasteiger partial charge in [0, 0.05) is 30.1 Å². The zero-order valence-electron chi connectivity index (χ0n) is 22.5. The highest BCUT2D eigenvalue weighted by Crippen LogP contribution is 2.40. The molecule has 1 aromatic carbocycles. The second kappa shape index (κ2) is 10.6. The van der Waals surface area contributed by atoms with Gasteiger partial charge in [0.1, 0.15) is 5.82 Å². The Balaban J connectivity index is 1.59. The molecule has 1 atom stereocenters. The van der Waals surface area contributed by atoms with Crippen LogP contribution < -0.4 is 9.64 Å². The number of aliphatic carboxylic acids is 1. The van der Waals surface area contributed by atoms with Crippen molar-refractivity contribution < 1.29 is 24.2 Å². The van der Waals surface area contributed by atoms with Crippen LogP contribution in [0.4, 0.5) is 10.5 Å². The van der Waals surface area contributed by atoms with E-state index < -0.39 is 5.97 Å². The molecule has 0 radical (unpaired) electrons. The molecule has 38 heavy (non-hydrogen) atoms.